The summed E-state index contributed by atoms with van der Waals surface area (Å²) in [6, 6.07) is 8.99. The van der Waals surface area contributed by atoms with E-state index in [4.69, 9.17) is 0 Å². The number of nitrogens with one attached hydrogen (secondary N) is 1. The van der Waals surface area contributed by atoms with Crippen LogP contribution >= 0.6 is 0 Å². The van der Waals surface area contributed by atoms with Gasteiger partial charge in [0.15, 0.2) is 0 Å². The molecule has 1 N–H and O–H groups in total. The molecular formula is C19H31N3O. The molecule has 4 heteroatoms. The second kappa shape index (κ2) is 8.46. The first kappa shape index (κ1) is 18.0. The number of aryl methyl sites for hydroxylation is 1. The van der Waals surface area contributed by atoms with Gasteiger partial charge in [0.1, 0.15) is 0 Å². The highest BCUT2D eigenvalue weighted by molar-refractivity contribution is 5.76. The molecule has 1 aliphatic heterocycles. The van der Waals surface area contributed by atoms with Crippen molar-refractivity contribution in [3.05, 3.63) is 35.4 Å². The molecule has 0 bridgehead atoms. The van der Waals surface area contributed by atoms with E-state index >= 15 is 0 Å². The molecule has 1 aliphatic rings. The van der Waals surface area contributed by atoms with E-state index in [0.717, 1.165) is 26.2 Å². The van der Waals surface area contributed by atoms with Gasteiger partial charge in [-0.1, -0.05) is 43.7 Å². The lowest BCUT2D eigenvalue weighted by Gasteiger charge is -2.38. The first-order valence-corrected chi connectivity index (χ1v) is 8.71. The third-order valence-electron chi connectivity index (χ3n) is 4.53. The Balaban J connectivity index is 2.05. The zero-order valence-corrected chi connectivity index (χ0v) is 15.0. The molecule has 1 fully saturated rings. The fraction of sp³-hybridized carbons (Fsp3) is 0.632. The van der Waals surface area contributed by atoms with Gasteiger partial charge in [-0.2, -0.15) is 0 Å². The topological polar surface area (TPSA) is 35.6 Å². The minimum Gasteiger partial charge on any atom is -0.354 e. The Bertz CT molecular complexity index is 490. The predicted molar refractivity (Wildman–Crippen MR) is 95.5 cm³/mol. The standard InChI is InChI=1S/C19H31N3O/c1-15(2)13-19(23)20-14-18(17-7-5-16(3)6-8-17)22-11-9-21(4)10-12-22/h5-8,15,18H,9-14H2,1-4H3,(H,20,23). The van der Waals surface area contributed by atoms with Gasteiger partial charge in [-0.25, -0.2) is 0 Å². The molecule has 1 atom stereocenters. The van der Waals surface area contributed by atoms with Crippen LogP contribution in [0.1, 0.15) is 37.4 Å². The van der Waals surface area contributed by atoms with Crippen molar-refractivity contribution < 1.29 is 4.79 Å². The van der Waals surface area contributed by atoms with E-state index in [9.17, 15) is 4.79 Å². The first-order valence-electron chi connectivity index (χ1n) is 8.71. The number of rotatable bonds is 6. The Hall–Kier alpha value is -1.39. The number of hydrogen-bond acceptors (Lipinski definition) is 3. The Morgan fingerprint density at radius 2 is 1.74 bits per heavy atom. The Labute approximate surface area is 140 Å². The normalized spacial score (nSPS) is 18.1. The highest BCUT2D eigenvalue weighted by Gasteiger charge is 2.24. The van der Waals surface area contributed by atoms with Gasteiger partial charge in [-0.15, -0.1) is 0 Å². The van der Waals surface area contributed by atoms with Crippen LogP contribution in [0, 0.1) is 12.8 Å². The summed E-state index contributed by atoms with van der Waals surface area (Å²) in [5.74, 6) is 0.558. The van der Waals surface area contributed by atoms with Crippen LogP contribution < -0.4 is 5.32 Å². The fourth-order valence-corrected chi connectivity index (χ4v) is 3.03. The molecule has 0 spiro atoms. The minimum absolute atomic E-state index is 0.159. The van der Waals surface area contributed by atoms with Crippen LogP contribution in [0.2, 0.25) is 0 Å². The maximum absolute atomic E-state index is 12.0. The maximum atomic E-state index is 12.0. The lowest BCUT2D eigenvalue weighted by atomic mass is 10.0. The van der Waals surface area contributed by atoms with Crippen molar-refractivity contribution in [1.29, 1.82) is 0 Å². The molecule has 4 nitrogen and oxygen atoms in total. The van der Waals surface area contributed by atoms with Gasteiger partial charge in [0.2, 0.25) is 5.91 Å². The molecule has 1 unspecified atom stereocenters. The average molecular weight is 317 g/mol. The molecule has 1 aromatic carbocycles. The quantitative estimate of drug-likeness (QED) is 0.875. The van der Waals surface area contributed by atoms with Crippen LogP contribution in [0.3, 0.4) is 0 Å². The van der Waals surface area contributed by atoms with E-state index in [1.165, 1.54) is 11.1 Å². The largest absolute Gasteiger partial charge is 0.354 e. The van der Waals surface area contributed by atoms with Gasteiger partial charge in [0.25, 0.3) is 0 Å². The molecule has 0 aromatic heterocycles. The van der Waals surface area contributed by atoms with E-state index < -0.39 is 0 Å². The molecule has 0 radical (unpaired) electrons. The summed E-state index contributed by atoms with van der Waals surface area (Å²) in [6.07, 6.45) is 0.601. The summed E-state index contributed by atoms with van der Waals surface area (Å²) < 4.78 is 0. The average Bonchev–Trinajstić information content (AvgIpc) is 2.50. The minimum atomic E-state index is 0.159. The number of carbonyl (C=O) groups is 1. The molecule has 128 valence electrons. The van der Waals surface area contributed by atoms with E-state index in [-0.39, 0.29) is 11.9 Å². The van der Waals surface area contributed by atoms with Crippen LogP contribution in [0.15, 0.2) is 24.3 Å². The molecule has 1 saturated heterocycles. The van der Waals surface area contributed by atoms with E-state index in [1.807, 2.05) is 0 Å². The monoisotopic (exact) mass is 317 g/mol. The number of benzene rings is 1. The van der Waals surface area contributed by atoms with Crippen molar-refractivity contribution in [3.63, 3.8) is 0 Å². The maximum Gasteiger partial charge on any atom is 0.220 e. The SMILES string of the molecule is Cc1ccc(C(CNC(=O)CC(C)C)N2CCN(C)CC2)cc1. The second-order valence-electron chi connectivity index (χ2n) is 7.17. The molecule has 23 heavy (non-hydrogen) atoms. The lowest BCUT2D eigenvalue weighted by molar-refractivity contribution is -0.122. The Kier molecular flexibility index (Phi) is 6.60. The summed E-state index contributed by atoms with van der Waals surface area (Å²) in [5, 5.41) is 3.14. The highest BCUT2D eigenvalue weighted by atomic mass is 16.1. The number of nitrogens with zero attached hydrogens (tertiary/aromatic N) is 2. The zero-order chi connectivity index (χ0) is 16.8. The molecule has 2 rings (SSSR count). The smallest absolute Gasteiger partial charge is 0.220 e. The number of carbonyl (C=O) groups excluding carboxylic acids is 1. The Morgan fingerprint density at radius 1 is 1.13 bits per heavy atom. The van der Waals surface area contributed by atoms with Crippen molar-refractivity contribution in [2.75, 3.05) is 39.8 Å². The van der Waals surface area contributed by atoms with Crippen LogP contribution in [0.4, 0.5) is 0 Å². The second-order valence-corrected chi connectivity index (χ2v) is 7.17. The molecule has 1 aromatic rings. The van der Waals surface area contributed by atoms with E-state index in [1.54, 1.807) is 0 Å². The molecule has 0 aliphatic carbocycles. The summed E-state index contributed by atoms with van der Waals surface area (Å²) in [4.78, 5) is 16.9. The van der Waals surface area contributed by atoms with Gasteiger partial charge < -0.3 is 10.2 Å². The van der Waals surface area contributed by atoms with E-state index in [0.29, 0.717) is 18.9 Å². The Morgan fingerprint density at radius 3 is 2.30 bits per heavy atom. The van der Waals surface area contributed by atoms with Crippen LogP contribution in [-0.4, -0.2) is 55.5 Å². The fourth-order valence-electron chi connectivity index (χ4n) is 3.03. The van der Waals surface area contributed by atoms with Crippen molar-refractivity contribution in [3.8, 4) is 0 Å². The van der Waals surface area contributed by atoms with Crippen LogP contribution in [-0.2, 0) is 4.79 Å². The number of hydrogen-bond donors (Lipinski definition) is 1. The van der Waals surface area contributed by atoms with Crippen molar-refractivity contribution in [2.45, 2.75) is 33.2 Å². The lowest BCUT2D eigenvalue weighted by Crippen LogP contribution is -2.48. The predicted octanol–water partition coefficient (Wildman–Crippen LogP) is 2.45. The molecule has 1 heterocycles. The summed E-state index contributed by atoms with van der Waals surface area (Å²) >= 11 is 0. The first-order chi connectivity index (χ1) is 11.0. The van der Waals surface area contributed by atoms with Gasteiger partial charge in [-0.3, -0.25) is 9.69 Å². The molecule has 0 saturated carbocycles. The van der Waals surface area contributed by atoms with Gasteiger partial charge in [0, 0.05) is 39.1 Å². The number of piperazine rings is 1. The molecule has 1 amide bonds. The highest BCUT2D eigenvalue weighted by Crippen LogP contribution is 2.22. The number of likely N-dealkylation sites (N-methyl/N-ethyl adjacent to an activating group) is 1. The zero-order valence-electron chi connectivity index (χ0n) is 15.0. The number of amides is 1. The van der Waals surface area contributed by atoms with Crippen LogP contribution in [0.25, 0.3) is 0 Å². The van der Waals surface area contributed by atoms with Gasteiger partial charge >= 0.3 is 0 Å². The summed E-state index contributed by atoms with van der Waals surface area (Å²) in [6.45, 7) is 11.2. The van der Waals surface area contributed by atoms with Crippen molar-refractivity contribution in [1.82, 2.24) is 15.1 Å². The van der Waals surface area contributed by atoms with Gasteiger partial charge in [0.05, 0.1) is 6.04 Å². The summed E-state index contributed by atoms with van der Waals surface area (Å²) in [5.41, 5.74) is 2.57. The van der Waals surface area contributed by atoms with Crippen molar-refractivity contribution >= 4 is 5.91 Å². The van der Waals surface area contributed by atoms with Crippen molar-refractivity contribution in [2.24, 2.45) is 5.92 Å². The van der Waals surface area contributed by atoms with E-state index in [2.05, 4.69) is 67.2 Å². The van der Waals surface area contributed by atoms with Gasteiger partial charge in [-0.05, 0) is 25.5 Å². The third kappa shape index (κ3) is 5.63. The molecular weight excluding hydrogens is 286 g/mol. The third-order valence-corrected chi connectivity index (χ3v) is 4.53. The summed E-state index contributed by atoms with van der Waals surface area (Å²) in [7, 11) is 2.17. The van der Waals surface area contributed by atoms with Crippen LogP contribution in [0.5, 0.6) is 0 Å².